The van der Waals surface area contributed by atoms with Gasteiger partial charge in [-0.05, 0) is 17.7 Å². The van der Waals surface area contributed by atoms with Crippen molar-refractivity contribution in [3.63, 3.8) is 0 Å². The third-order valence-corrected chi connectivity index (χ3v) is 3.82. The summed E-state index contributed by atoms with van der Waals surface area (Å²) in [5.41, 5.74) is 0.428. The van der Waals surface area contributed by atoms with Gasteiger partial charge in [0.15, 0.2) is 0 Å². The number of nitrogens with one attached hydrogen (secondary N) is 1. The van der Waals surface area contributed by atoms with Gasteiger partial charge in [0, 0.05) is 0 Å². The number of carboxylic acid groups (broad SMARTS) is 1. The lowest BCUT2D eigenvalue weighted by Gasteiger charge is -2.05. The third-order valence-electron chi connectivity index (χ3n) is 1.78. The van der Waals surface area contributed by atoms with Gasteiger partial charge in [0.25, 0.3) is 0 Å². The number of aliphatic carboxylic acids is 1. The predicted molar refractivity (Wildman–Crippen MR) is 64.7 cm³/mol. The zero-order valence-electron chi connectivity index (χ0n) is 8.48. The molecule has 0 aromatic heterocycles. The number of carboxylic acids is 1. The summed E-state index contributed by atoms with van der Waals surface area (Å²) in [6.45, 7) is -0.649. The van der Waals surface area contributed by atoms with E-state index >= 15 is 0 Å². The van der Waals surface area contributed by atoms with Crippen molar-refractivity contribution in [3.05, 3.63) is 33.8 Å². The van der Waals surface area contributed by atoms with Crippen LogP contribution < -0.4 is 4.72 Å². The molecule has 0 aliphatic rings. The maximum atomic E-state index is 11.5. The molecule has 5 nitrogen and oxygen atoms in total. The smallest absolute Gasteiger partial charge is 0.318 e. The highest BCUT2D eigenvalue weighted by atomic mass is 35.5. The van der Waals surface area contributed by atoms with E-state index < -0.39 is 22.5 Å². The first-order valence-electron chi connectivity index (χ1n) is 4.43. The van der Waals surface area contributed by atoms with Crippen LogP contribution in [0.25, 0.3) is 0 Å². The maximum Gasteiger partial charge on any atom is 0.318 e. The van der Waals surface area contributed by atoms with E-state index in [1.54, 1.807) is 0 Å². The molecule has 17 heavy (non-hydrogen) atoms. The molecule has 0 unspecified atom stereocenters. The summed E-state index contributed by atoms with van der Waals surface area (Å²) >= 11 is 11.4. The molecule has 0 fully saturated rings. The predicted octanol–water partition coefficient (Wildman–Crippen LogP) is 1.50. The average Bonchev–Trinajstić information content (AvgIpc) is 2.21. The highest BCUT2D eigenvalue weighted by molar-refractivity contribution is 7.88. The van der Waals surface area contributed by atoms with Crippen molar-refractivity contribution in [1.29, 1.82) is 0 Å². The minimum Gasteiger partial charge on any atom is -0.480 e. The van der Waals surface area contributed by atoms with E-state index in [0.717, 1.165) is 0 Å². The molecule has 0 saturated heterocycles. The Morgan fingerprint density at radius 3 is 2.47 bits per heavy atom. The molecular formula is C9H9Cl2NO4S. The van der Waals surface area contributed by atoms with Gasteiger partial charge in [-0.3, -0.25) is 4.79 Å². The lowest BCUT2D eigenvalue weighted by atomic mass is 10.2. The number of rotatable bonds is 5. The first-order valence-corrected chi connectivity index (χ1v) is 6.84. The van der Waals surface area contributed by atoms with Crippen LogP contribution in [-0.2, 0) is 20.6 Å². The van der Waals surface area contributed by atoms with Crippen LogP contribution in [0.3, 0.4) is 0 Å². The largest absolute Gasteiger partial charge is 0.480 e. The summed E-state index contributed by atoms with van der Waals surface area (Å²) in [7, 11) is -3.69. The lowest BCUT2D eigenvalue weighted by Crippen LogP contribution is -2.30. The fourth-order valence-electron chi connectivity index (χ4n) is 1.07. The van der Waals surface area contributed by atoms with E-state index in [-0.39, 0.29) is 10.8 Å². The van der Waals surface area contributed by atoms with Gasteiger partial charge >= 0.3 is 5.97 Å². The third kappa shape index (κ3) is 4.91. The molecular weight excluding hydrogens is 289 g/mol. The van der Waals surface area contributed by atoms with Crippen LogP contribution in [0.1, 0.15) is 5.56 Å². The normalized spacial score (nSPS) is 11.4. The second kappa shape index (κ2) is 5.68. The van der Waals surface area contributed by atoms with Gasteiger partial charge in [-0.2, -0.15) is 0 Å². The van der Waals surface area contributed by atoms with Crippen LogP contribution in [0.4, 0.5) is 0 Å². The van der Waals surface area contributed by atoms with Gasteiger partial charge < -0.3 is 5.11 Å². The molecule has 0 aliphatic carbocycles. The zero-order valence-corrected chi connectivity index (χ0v) is 10.8. The molecule has 8 heteroatoms. The molecule has 0 spiro atoms. The molecule has 1 aromatic rings. The summed E-state index contributed by atoms with van der Waals surface area (Å²) in [5, 5.41) is 8.93. The SMILES string of the molecule is O=C(O)CNS(=O)(=O)Cc1ccc(Cl)c(Cl)c1. The first kappa shape index (κ1) is 14.2. The van der Waals surface area contributed by atoms with Gasteiger partial charge in [0.05, 0.1) is 15.8 Å². The molecule has 0 saturated carbocycles. The van der Waals surface area contributed by atoms with Crippen LogP contribution in [-0.4, -0.2) is 26.0 Å². The lowest BCUT2D eigenvalue weighted by molar-refractivity contribution is -0.135. The topological polar surface area (TPSA) is 83.5 Å². The molecule has 0 bridgehead atoms. The summed E-state index contributed by atoms with van der Waals surface area (Å²) in [6, 6.07) is 4.41. The van der Waals surface area contributed by atoms with Crippen molar-refractivity contribution in [2.45, 2.75) is 5.75 Å². The van der Waals surface area contributed by atoms with E-state index in [0.29, 0.717) is 10.6 Å². The zero-order chi connectivity index (χ0) is 13.1. The van der Waals surface area contributed by atoms with E-state index in [2.05, 4.69) is 0 Å². The minimum absolute atomic E-state index is 0.248. The number of hydrogen-bond acceptors (Lipinski definition) is 3. The van der Waals surface area contributed by atoms with Gasteiger partial charge in [-0.25, -0.2) is 13.1 Å². The fourth-order valence-corrected chi connectivity index (χ4v) is 2.46. The second-order valence-electron chi connectivity index (χ2n) is 3.22. The van der Waals surface area contributed by atoms with Crippen LogP contribution >= 0.6 is 23.2 Å². The van der Waals surface area contributed by atoms with E-state index in [4.69, 9.17) is 28.3 Å². The number of carbonyl (C=O) groups is 1. The van der Waals surface area contributed by atoms with Crippen LogP contribution in [0.5, 0.6) is 0 Å². The summed E-state index contributed by atoms with van der Waals surface area (Å²) in [6.07, 6.45) is 0. The summed E-state index contributed by atoms with van der Waals surface area (Å²) < 4.78 is 24.8. The number of sulfonamides is 1. The molecule has 0 amide bonds. The Morgan fingerprint density at radius 1 is 1.29 bits per heavy atom. The van der Waals surface area contributed by atoms with Gasteiger partial charge in [-0.1, -0.05) is 29.3 Å². The standard InChI is InChI=1S/C9H9Cl2NO4S/c10-7-2-1-6(3-8(7)11)5-17(15,16)12-4-9(13)14/h1-3,12H,4-5H2,(H,13,14). The monoisotopic (exact) mass is 297 g/mol. The van der Waals surface area contributed by atoms with Crippen LogP contribution in [0.2, 0.25) is 10.0 Å². The molecule has 0 atom stereocenters. The summed E-state index contributed by atoms with van der Waals surface area (Å²) in [5.74, 6) is -1.60. The van der Waals surface area contributed by atoms with Gasteiger partial charge in [0.2, 0.25) is 10.0 Å². The minimum atomic E-state index is -3.69. The molecule has 0 aliphatic heterocycles. The first-order chi connectivity index (χ1) is 7.80. The Kier molecular flexibility index (Phi) is 4.76. The van der Waals surface area contributed by atoms with Crippen molar-refractivity contribution in [3.8, 4) is 0 Å². The Bertz CT molecular complexity index is 530. The van der Waals surface area contributed by atoms with Crippen molar-refractivity contribution in [2.24, 2.45) is 0 Å². The Labute approximate surface area is 108 Å². The van der Waals surface area contributed by atoms with E-state index in [9.17, 15) is 13.2 Å². The van der Waals surface area contributed by atoms with E-state index in [1.165, 1.54) is 18.2 Å². The van der Waals surface area contributed by atoms with Crippen molar-refractivity contribution in [1.82, 2.24) is 4.72 Å². The highest BCUT2D eigenvalue weighted by Crippen LogP contribution is 2.23. The van der Waals surface area contributed by atoms with Gasteiger partial charge in [-0.15, -0.1) is 0 Å². The van der Waals surface area contributed by atoms with Crippen molar-refractivity contribution < 1.29 is 18.3 Å². The molecule has 0 radical (unpaired) electrons. The molecule has 2 N–H and O–H groups in total. The van der Waals surface area contributed by atoms with Crippen molar-refractivity contribution >= 4 is 39.2 Å². The van der Waals surface area contributed by atoms with Crippen LogP contribution in [0.15, 0.2) is 18.2 Å². The average molecular weight is 298 g/mol. The fraction of sp³-hybridized carbons (Fsp3) is 0.222. The Hall–Kier alpha value is -0.820. The van der Waals surface area contributed by atoms with E-state index in [1.807, 2.05) is 4.72 Å². The molecule has 1 aromatic carbocycles. The number of halogens is 2. The molecule has 94 valence electrons. The summed E-state index contributed by atoms with van der Waals surface area (Å²) in [4.78, 5) is 10.2. The quantitative estimate of drug-likeness (QED) is 0.863. The Balaban J connectivity index is 2.76. The van der Waals surface area contributed by atoms with Gasteiger partial charge in [0.1, 0.15) is 6.54 Å². The van der Waals surface area contributed by atoms with Crippen molar-refractivity contribution in [2.75, 3.05) is 6.54 Å². The molecule has 0 heterocycles. The number of benzene rings is 1. The Morgan fingerprint density at radius 2 is 1.94 bits per heavy atom. The maximum absolute atomic E-state index is 11.5. The molecule has 1 rings (SSSR count). The number of hydrogen-bond donors (Lipinski definition) is 2. The van der Waals surface area contributed by atoms with Crippen LogP contribution in [0, 0.1) is 0 Å². The second-order valence-corrected chi connectivity index (χ2v) is 5.84. The highest BCUT2D eigenvalue weighted by Gasteiger charge is 2.13.